The normalized spacial score (nSPS) is 11.9. The molecule has 4 nitrogen and oxygen atoms in total. The molecular weight excluding hydrogens is 254 g/mol. The molecule has 20 heavy (non-hydrogen) atoms. The fraction of sp³-hybridized carbons (Fsp3) is 0.250. The van der Waals surface area contributed by atoms with Gasteiger partial charge in [0.1, 0.15) is 5.75 Å². The smallest absolute Gasteiger partial charge is 0.262 e. The molecule has 1 amide bonds. The van der Waals surface area contributed by atoms with E-state index in [0.29, 0.717) is 11.3 Å². The minimum absolute atomic E-state index is 0.144. The lowest BCUT2D eigenvalue weighted by molar-refractivity contribution is -0.135. The van der Waals surface area contributed by atoms with Crippen molar-refractivity contribution in [1.82, 2.24) is 4.90 Å². The lowest BCUT2D eigenvalue weighted by atomic mass is 10.0. The molecule has 0 spiro atoms. The number of ether oxygens (including phenoxy) is 1. The summed E-state index contributed by atoms with van der Waals surface area (Å²) in [5.41, 5.74) is 0.474. The zero-order valence-electron chi connectivity index (χ0n) is 11.8. The van der Waals surface area contributed by atoms with E-state index in [2.05, 4.69) is 0 Å². The fourth-order valence-electron chi connectivity index (χ4n) is 2.10. The van der Waals surface area contributed by atoms with Crippen LogP contribution in [0.15, 0.2) is 36.4 Å². The van der Waals surface area contributed by atoms with Gasteiger partial charge in [-0.1, -0.05) is 30.3 Å². The maximum Gasteiger partial charge on any atom is 0.262 e. The van der Waals surface area contributed by atoms with Crippen molar-refractivity contribution in [2.45, 2.75) is 13.0 Å². The van der Waals surface area contributed by atoms with E-state index in [0.717, 1.165) is 17.1 Å². The number of likely N-dealkylation sites (N-methyl/N-ethyl adjacent to an activating group) is 1. The third-order valence-corrected chi connectivity index (χ3v) is 3.14. The minimum Gasteiger partial charge on any atom is -0.480 e. The van der Waals surface area contributed by atoms with Gasteiger partial charge in [0.05, 0.1) is 5.56 Å². The highest BCUT2D eigenvalue weighted by molar-refractivity contribution is 6.00. The SMILES string of the molecule is CC(Oc1ccc2ccccc2c1C=O)C(=O)N(C)C. The Morgan fingerprint density at radius 3 is 2.55 bits per heavy atom. The topological polar surface area (TPSA) is 46.6 Å². The maximum atomic E-state index is 11.8. The molecule has 1 unspecified atom stereocenters. The van der Waals surface area contributed by atoms with Gasteiger partial charge in [-0.05, 0) is 23.8 Å². The van der Waals surface area contributed by atoms with Crippen molar-refractivity contribution >= 4 is 23.0 Å². The van der Waals surface area contributed by atoms with Crippen LogP contribution < -0.4 is 4.74 Å². The van der Waals surface area contributed by atoms with E-state index in [9.17, 15) is 9.59 Å². The number of amides is 1. The number of carbonyl (C=O) groups is 2. The van der Waals surface area contributed by atoms with Gasteiger partial charge in [0.15, 0.2) is 12.4 Å². The van der Waals surface area contributed by atoms with Crippen LogP contribution in [0.4, 0.5) is 0 Å². The average Bonchev–Trinajstić information content (AvgIpc) is 2.45. The number of carbonyl (C=O) groups excluding carboxylic acids is 2. The van der Waals surface area contributed by atoms with Crippen LogP contribution in [-0.2, 0) is 4.79 Å². The van der Waals surface area contributed by atoms with Gasteiger partial charge in [-0.2, -0.15) is 0 Å². The first-order valence-electron chi connectivity index (χ1n) is 6.39. The minimum atomic E-state index is -0.634. The van der Waals surface area contributed by atoms with Crippen molar-refractivity contribution in [2.75, 3.05) is 14.1 Å². The van der Waals surface area contributed by atoms with E-state index in [1.165, 1.54) is 4.90 Å². The average molecular weight is 271 g/mol. The molecule has 0 heterocycles. The number of rotatable bonds is 4. The molecule has 0 aliphatic carbocycles. The summed E-state index contributed by atoms with van der Waals surface area (Å²) >= 11 is 0. The number of benzene rings is 2. The molecule has 0 saturated carbocycles. The van der Waals surface area contributed by atoms with Gasteiger partial charge in [-0.15, -0.1) is 0 Å². The second-order valence-corrected chi connectivity index (χ2v) is 4.81. The molecule has 0 aliphatic rings. The molecular formula is C16H17NO3. The van der Waals surface area contributed by atoms with E-state index in [4.69, 9.17) is 4.74 Å². The highest BCUT2D eigenvalue weighted by atomic mass is 16.5. The van der Waals surface area contributed by atoms with Crippen molar-refractivity contribution in [2.24, 2.45) is 0 Å². The first kappa shape index (κ1) is 14.1. The summed E-state index contributed by atoms with van der Waals surface area (Å²) in [6, 6.07) is 11.2. The molecule has 0 aromatic heterocycles. The molecule has 0 bridgehead atoms. The maximum absolute atomic E-state index is 11.8. The zero-order valence-corrected chi connectivity index (χ0v) is 11.8. The van der Waals surface area contributed by atoms with Gasteiger partial charge in [0, 0.05) is 14.1 Å². The Kier molecular flexibility index (Phi) is 4.03. The first-order valence-corrected chi connectivity index (χ1v) is 6.39. The van der Waals surface area contributed by atoms with Crippen LogP contribution in [0.1, 0.15) is 17.3 Å². The quantitative estimate of drug-likeness (QED) is 0.803. The Morgan fingerprint density at radius 2 is 1.90 bits per heavy atom. The largest absolute Gasteiger partial charge is 0.480 e. The highest BCUT2D eigenvalue weighted by Gasteiger charge is 2.18. The number of aldehydes is 1. The molecule has 0 aliphatic heterocycles. The Labute approximate surface area is 117 Å². The van der Waals surface area contributed by atoms with Gasteiger partial charge in [-0.25, -0.2) is 0 Å². The third kappa shape index (κ3) is 2.64. The molecule has 0 radical (unpaired) electrons. The van der Waals surface area contributed by atoms with Crippen molar-refractivity contribution in [3.8, 4) is 5.75 Å². The van der Waals surface area contributed by atoms with Crippen LogP contribution in [-0.4, -0.2) is 37.3 Å². The van der Waals surface area contributed by atoms with E-state index in [1.54, 1.807) is 27.1 Å². The second-order valence-electron chi connectivity index (χ2n) is 4.81. The van der Waals surface area contributed by atoms with Gasteiger partial charge < -0.3 is 9.64 Å². The van der Waals surface area contributed by atoms with Gasteiger partial charge >= 0.3 is 0 Å². The number of hydrogen-bond donors (Lipinski definition) is 0. The second kappa shape index (κ2) is 5.74. The number of nitrogens with zero attached hydrogens (tertiary/aromatic N) is 1. The van der Waals surface area contributed by atoms with Gasteiger partial charge in [0.25, 0.3) is 5.91 Å². The molecule has 2 aromatic rings. The standard InChI is InChI=1S/C16H17NO3/c1-11(16(19)17(2)3)20-15-9-8-12-6-4-5-7-13(12)14(15)10-18/h4-11H,1-3H3. The zero-order chi connectivity index (χ0) is 14.7. The van der Waals surface area contributed by atoms with Crippen LogP contribution in [0, 0.1) is 0 Å². The summed E-state index contributed by atoms with van der Waals surface area (Å²) < 4.78 is 5.65. The van der Waals surface area contributed by atoms with Crippen LogP contribution >= 0.6 is 0 Å². The Bertz CT molecular complexity index is 649. The third-order valence-electron chi connectivity index (χ3n) is 3.14. The molecule has 4 heteroatoms. The van der Waals surface area contributed by atoms with E-state index in [-0.39, 0.29) is 5.91 Å². The summed E-state index contributed by atoms with van der Waals surface area (Å²) in [6.45, 7) is 1.67. The van der Waals surface area contributed by atoms with Crippen molar-refractivity contribution in [3.05, 3.63) is 42.0 Å². The van der Waals surface area contributed by atoms with Crippen molar-refractivity contribution in [1.29, 1.82) is 0 Å². The Morgan fingerprint density at radius 1 is 1.20 bits per heavy atom. The van der Waals surface area contributed by atoms with Crippen molar-refractivity contribution in [3.63, 3.8) is 0 Å². The molecule has 0 N–H and O–H groups in total. The summed E-state index contributed by atoms with van der Waals surface area (Å²) in [4.78, 5) is 24.6. The lowest BCUT2D eigenvalue weighted by Crippen LogP contribution is -2.35. The number of fused-ring (bicyclic) bond motifs is 1. The highest BCUT2D eigenvalue weighted by Crippen LogP contribution is 2.27. The fourth-order valence-corrected chi connectivity index (χ4v) is 2.10. The van der Waals surface area contributed by atoms with E-state index >= 15 is 0 Å². The van der Waals surface area contributed by atoms with Gasteiger partial charge in [-0.3, -0.25) is 9.59 Å². The van der Waals surface area contributed by atoms with Crippen molar-refractivity contribution < 1.29 is 14.3 Å². The molecule has 2 rings (SSSR count). The predicted molar refractivity (Wildman–Crippen MR) is 78.1 cm³/mol. The summed E-state index contributed by atoms with van der Waals surface area (Å²) in [5.74, 6) is 0.288. The molecule has 104 valence electrons. The molecule has 2 aromatic carbocycles. The van der Waals surface area contributed by atoms with E-state index < -0.39 is 6.10 Å². The molecule has 1 atom stereocenters. The molecule has 0 fully saturated rings. The predicted octanol–water partition coefficient (Wildman–Crippen LogP) is 2.51. The van der Waals surface area contributed by atoms with E-state index in [1.807, 2.05) is 30.3 Å². The van der Waals surface area contributed by atoms with Crippen LogP contribution in [0.25, 0.3) is 10.8 Å². The summed E-state index contributed by atoms with van der Waals surface area (Å²) in [5, 5.41) is 1.79. The van der Waals surface area contributed by atoms with Crippen LogP contribution in [0.3, 0.4) is 0 Å². The van der Waals surface area contributed by atoms with Gasteiger partial charge in [0.2, 0.25) is 0 Å². The Hall–Kier alpha value is -2.36. The Balaban J connectivity index is 2.40. The van der Waals surface area contributed by atoms with Crippen LogP contribution in [0.2, 0.25) is 0 Å². The molecule has 0 saturated heterocycles. The first-order chi connectivity index (χ1) is 9.54. The summed E-state index contributed by atoms with van der Waals surface area (Å²) in [7, 11) is 3.34. The lowest BCUT2D eigenvalue weighted by Gasteiger charge is -2.19. The summed E-state index contributed by atoms with van der Waals surface area (Å²) in [6.07, 6.45) is 0.134. The number of hydrogen-bond acceptors (Lipinski definition) is 3. The monoisotopic (exact) mass is 271 g/mol. The van der Waals surface area contributed by atoms with Crippen LogP contribution in [0.5, 0.6) is 5.75 Å².